The number of hydrogen-bond acceptors (Lipinski definition) is 2. The maximum atomic E-state index is 13.1. The van der Waals surface area contributed by atoms with Gasteiger partial charge in [-0.1, -0.05) is 11.6 Å². The average Bonchev–Trinajstić information content (AvgIpc) is 2.62. The van der Waals surface area contributed by atoms with Gasteiger partial charge in [0.2, 0.25) is 5.78 Å². The van der Waals surface area contributed by atoms with Gasteiger partial charge >= 0.3 is 0 Å². The Hall–Kier alpha value is -0.710. The Kier molecular flexibility index (Phi) is 3.66. The zero-order chi connectivity index (χ0) is 12.6. The van der Waals surface area contributed by atoms with Crippen molar-refractivity contribution in [1.82, 2.24) is 0 Å². The van der Waals surface area contributed by atoms with Crippen molar-refractivity contribution in [2.45, 2.75) is 6.92 Å². The first kappa shape index (κ1) is 12.7. The van der Waals surface area contributed by atoms with E-state index in [-0.39, 0.29) is 11.6 Å². The molecule has 0 radical (unpaired) electrons. The molecular weight excluding hydrogens is 327 g/mol. The SMILES string of the molecule is Cc1cc(C(=O)c2cc(Cl)c(Br)s2)ccc1F. The van der Waals surface area contributed by atoms with Crippen LogP contribution < -0.4 is 0 Å². The summed E-state index contributed by atoms with van der Waals surface area (Å²) in [5.74, 6) is -0.461. The van der Waals surface area contributed by atoms with Gasteiger partial charge in [-0.15, -0.1) is 11.3 Å². The monoisotopic (exact) mass is 332 g/mol. The van der Waals surface area contributed by atoms with E-state index < -0.39 is 0 Å². The van der Waals surface area contributed by atoms with Crippen LogP contribution >= 0.6 is 38.9 Å². The molecule has 0 aliphatic heterocycles. The minimum absolute atomic E-state index is 0.147. The first-order chi connectivity index (χ1) is 7.99. The van der Waals surface area contributed by atoms with E-state index in [4.69, 9.17) is 11.6 Å². The maximum absolute atomic E-state index is 13.1. The number of benzene rings is 1. The number of hydrogen-bond donors (Lipinski definition) is 0. The second-order valence-corrected chi connectivity index (χ2v) is 6.30. The van der Waals surface area contributed by atoms with E-state index in [1.165, 1.54) is 23.5 Å². The number of rotatable bonds is 2. The lowest BCUT2D eigenvalue weighted by Crippen LogP contribution is -1.99. The number of ketones is 1. The van der Waals surface area contributed by atoms with Gasteiger partial charge in [-0.3, -0.25) is 4.79 Å². The summed E-state index contributed by atoms with van der Waals surface area (Å²) < 4.78 is 13.8. The third-order valence-corrected chi connectivity index (χ3v) is 4.76. The molecule has 0 amide bonds. The summed E-state index contributed by atoms with van der Waals surface area (Å²) in [6.45, 7) is 1.63. The molecule has 0 aliphatic rings. The Labute approximate surface area is 115 Å². The van der Waals surface area contributed by atoms with Crippen LogP contribution in [0.15, 0.2) is 28.1 Å². The molecular formula is C12H7BrClFOS. The van der Waals surface area contributed by atoms with E-state index in [0.717, 1.165) is 3.79 Å². The van der Waals surface area contributed by atoms with Crippen molar-refractivity contribution in [1.29, 1.82) is 0 Å². The Morgan fingerprint density at radius 1 is 1.41 bits per heavy atom. The number of carbonyl (C=O) groups excluding carboxylic acids is 1. The highest BCUT2D eigenvalue weighted by Crippen LogP contribution is 2.33. The summed E-state index contributed by atoms with van der Waals surface area (Å²) in [5.41, 5.74) is 0.923. The highest BCUT2D eigenvalue weighted by Gasteiger charge is 2.15. The summed E-state index contributed by atoms with van der Waals surface area (Å²) in [5, 5.41) is 0.511. The van der Waals surface area contributed by atoms with Crippen molar-refractivity contribution >= 4 is 44.7 Å². The summed E-state index contributed by atoms with van der Waals surface area (Å²) >= 11 is 10.4. The summed E-state index contributed by atoms with van der Waals surface area (Å²) in [7, 11) is 0. The van der Waals surface area contributed by atoms with Crippen molar-refractivity contribution in [2.24, 2.45) is 0 Å². The standard InChI is InChI=1S/C12H7BrClFOS/c1-6-4-7(2-3-9(6)15)11(16)10-5-8(14)12(13)17-10/h2-5H,1H3. The van der Waals surface area contributed by atoms with Gasteiger partial charge in [-0.25, -0.2) is 4.39 Å². The topological polar surface area (TPSA) is 17.1 Å². The molecule has 0 spiro atoms. The smallest absolute Gasteiger partial charge is 0.203 e. The fraction of sp³-hybridized carbons (Fsp3) is 0.0833. The number of halogens is 3. The largest absolute Gasteiger partial charge is 0.288 e. The molecule has 0 atom stereocenters. The van der Waals surface area contributed by atoms with E-state index in [1.54, 1.807) is 19.1 Å². The molecule has 17 heavy (non-hydrogen) atoms. The Bertz CT molecular complexity index is 575. The molecule has 0 aliphatic carbocycles. The molecule has 0 fully saturated rings. The van der Waals surface area contributed by atoms with Crippen LogP contribution in [0.2, 0.25) is 5.02 Å². The van der Waals surface area contributed by atoms with Crippen LogP contribution in [0.5, 0.6) is 0 Å². The van der Waals surface area contributed by atoms with Crippen LogP contribution in [-0.4, -0.2) is 5.78 Å². The Morgan fingerprint density at radius 2 is 2.12 bits per heavy atom. The molecule has 1 aromatic carbocycles. The van der Waals surface area contributed by atoms with Crippen molar-refractivity contribution in [2.75, 3.05) is 0 Å². The Balaban J connectivity index is 2.40. The number of thiophene rings is 1. The predicted molar refractivity (Wildman–Crippen MR) is 71.6 cm³/mol. The van der Waals surface area contributed by atoms with Gasteiger partial charge in [0.15, 0.2) is 0 Å². The van der Waals surface area contributed by atoms with E-state index in [2.05, 4.69) is 15.9 Å². The Morgan fingerprint density at radius 3 is 2.65 bits per heavy atom. The molecule has 2 rings (SSSR count). The van der Waals surface area contributed by atoms with E-state index >= 15 is 0 Å². The lowest BCUT2D eigenvalue weighted by Gasteiger charge is -2.00. The van der Waals surface area contributed by atoms with Crippen molar-refractivity contribution in [3.8, 4) is 0 Å². The average molecular weight is 334 g/mol. The first-order valence-corrected chi connectivity index (χ1v) is 6.73. The van der Waals surface area contributed by atoms with Crippen LogP contribution in [-0.2, 0) is 0 Å². The summed E-state index contributed by atoms with van der Waals surface area (Å²) in [4.78, 5) is 12.6. The van der Waals surface area contributed by atoms with Gasteiger partial charge in [-0.05, 0) is 52.7 Å². The van der Waals surface area contributed by atoms with E-state index in [0.29, 0.717) is 21.0 Å². The molecule has 0 N–H and O–H groups in total. The quantitative estimate of drug-likeness (QED) is 0.719. The minimum atomic E-state index is -0.313. The van der Waals surface area contributed by atoms with Crippen LogP contribution in [0.25, 0.3) is 0 Å². The second-order valence-electron chi connectivity index (χ2n) is 3.53. The van der Waals surface area contributed by atoms with Gasteiger partial charge in [0.05, 0.1) is 13.7 Å². The molecule has 5 heteroatoms. The minimum Gasteiger partial charge on any atom is -0.288 e. The van der Waals surface area contributed by atoms with Gasteiger partial charge in [0.1, 0.15) is 5.82 Å². The fourth-order valence-corrected chi connectivity index (χ4v) is 3.05. The van der Waals surface area contributed by atoms with Gasteiger partial charge in [0, 0.05) is 5.56 Å². The molecule has 1 aromatic heterocycles. The molecule has 2 aromatic rings. The first-order valence-electron chi connectivity index (χ1n) is 4.74. The predicted octanol–water partition coefficient (Wildman–Crippen LogP) is 4.84. The fourth-order valence-electron chi connectivity index (χ4n) is 1.39. The number of carbonyl (C=O) groups is 1. The van der Waals surface area contributed by atoms with Crippen LogP contribution in [0.1, 0.15) is 20.8 Å². The molecule has 88 valence electrons. The lowest BCUT2D eigenvalue weighted by atomic mass is 10.1. The van der Waals surface area contributed by atoms with Crippen molar-refractivity contribution in [3.63, 3.8) is 0 Å². The highest BCUT2D eigenvalue weighted by molar-refractivity contribution is 9.11. The third kappa shape index (κ3) is 2.59. The van der Waals surface area contributed by atoms with Gasteiger partial charge in [0.25, 0.3) is 0 Å². The molecule has 1 nitrogen and oxygen atoms in total. The molecule has 0 unspecified atom stereocenters. The molecule has 0 saturated heterocycles. The van der Waals surface area contributed by atoms with Crippen LogP contribution in [0.3, 0.4) is 0 Å². The van der Waals surface area contributed by atoms with Gasteiger partial charge in [-0.2, -0.15) is 0 Å². The summed E-state index contributed by atoms with van der Waals surface area (Å²) in [6.07, 6.45) is 0. The second kappa shape index (κ2) is 4.88. The molecule has 0 saturated carbocycles. The van der Waals surface area contributed by atoms with Crippen LogP contribution in [0, 0.1) is 12.7 Å². The molecule has 1 heterocycles. The van der Waals surface area contributed by atoms with Crippen molar-refractivity contribution < 1.29 is 9.18 Å². The maximum Gasteiger partial charge on any atom is 0.203 e. The lowest BCUT2D eigenvalue weighted by molar-refractivity contribution is 0.104. The van der Waals surface area contributed by atoms with E-state index in [9.17, 15) is 9.18 Å². The molecule has 0 bridgehead atoms. The zero-order valence-electron chi connectivity index (χ0n) is 8.76. The number of aryl methyl sites for hydroxylation is 1. The van der Waals surface area contributed by atoms with Crippen LogP contribution in [0.4, 0.5) is 4.39 Å². The third-order valence-electron chi connectivity index (χ3n) is 2.29. The van der Waals surface area contributed by atoms with E-state index in [1.807, 2.05) is 0 Å². The highest BCUT2D eigenvalue weighted by atomic mass is 79.9. The summed E-state index contributed by atoms with van der Waals surface area (Å²) in [6, 6.07) is 5.93. The normalized spacial score (nSPS) is 10.6. The van der Waals surface area contributed by atoms with Gasteiger partial charge < -0.3 is 0 Å². The van der Waals surface area contributed by atoms with Crippen molar-refractivity contribution in [3.05, 3.63) is 54.9 Å². The zero-order valence-corrected chi connectivity index (χ0v) is 11.9.